The normalized spacial score (nSPS) is 11.1. The molecule has 8 heteroatoms. The maximum absolute atomic E-state index is 13.2. The Kier molecular flexibility index (Phi) is 4.84. The third-order valence-electron chi connectivity index (χ3n) is 4.52. The summed E-state index contributed by atoms with van der Waals surface area (Å²) in [6, 6.07) is 9.54. The number of benzene rings is 1. The van der Waals surface area contributed by atoms with Crippen molar-refractivity contribution < 1.29 is 9.18 Å². The lowest BCUT2D eigenvalue weighted by Crippen LogP contribution is -2.25. The van der Waals surface area contributed by atoms with E-state index in [0.717, 1.165) is 30.0 Å². The van der Waals surface area contributed by atoms with Crippen LogP contribution in [-0.4, -0.2) is 36.6 Å². The SMILES string of the molecule is Cc1nccn1CCCNC(=O)c1cc2nccc(-c3ccc(F)cc3)n2n1. The summed E-state index contributed by atoms with van der Waals surface area (Å²) in [5.41, 5.74) is 2.38. The lowest BCUT2D eigenvalue weighted by Gasteiger charge is -2.06. The fraction of sp³-hybridized carbons (Fsp3) is 0.200. The van der Waals surface area contributed by atoms with Crippen LogP contribution in [0.3, 0.4) is 0 Å². The van der Waals surface area contributed by atoms with Crippen LogP contribution in [0.15, 0.2) is 55.0 Å². The summed E-state index contributed by atoms with van der Waals surface area (Å²) < 4.78 is 16.8. The van der Waals surface area contributed by atoms with E-state index < -0.39 is 0 Å². The monoisotopic (exact) mass is 378 g/mol. The predicted molar refractivity (Wildman–Crippen MR) is 102 cm³/mol. The van der Waals surface area contributed by atoms with Crippen LogP contribution in [0.1, 0.15) is 22.7 Å². The molecule has 0 aliphatic heterocycles. The zero-order chi connectivity index (χ0) is 19.5. The molecule has 0 fully saturated rings. The highest BCUT2D eigenvalue weighted by Gasteiger charge is 2.14. The number of carbonyl (C=O) groups is 1. The van der Waals surface area contributed by atoms with Crippen LogP contribution >= 0.6 is 0 Å². The van der Waals surface area contributed by atoms with Crippen molar-refractivity contribution >= 4 is 11.6 Å². The summed E-state index contributed by atoms with van der Waals surface area (Å²) in [4.78, 5) is 20.9. The first kappa shape index (κ1) is 17.8. The van der Waals surface area contributed by atoms with E-state index in [1.165, 1.54) is 12.1 Å². The van der Waals surface area contributed by atoms with Gasteiger partial charge in [0.2, 0.25) is 0 Å². The third kappa shape index (κ3) is 3.62. The molecule has 28 heavy (non-hydrogen) atoms. The number of hydrogen-bond donors (Lipinski definition) is 1. The molecule has 3 heterocycles. The van der Waals surface area contributed by atoms with Gasteiger partial charge >= 0.3 is 0 Å². The Balaban J connectivity index is 1.46. The smallest absolute Gasteiger partial charge is 0.271 e. The highest BCUT2D eigenvalue weighted by Crippen LogP contribution is 2.20. The van der Waals surface area contributed by atoms with E-state index in [2.05, 4.69) is 20.4 Å². The molecule has 0 aliphatic carbocycles. The van der Waals surface area contributed by atoms with Gasteiger partial charge in [-0.15, -0.1) is 0 Å². The fourth-order valence-corrected chi connectivity index (χ4v) is 3.03. The third-order valence-corrected chi connectivity index (χ3v) is 4.52. The van der Waals surface area contributed by atoms with Crippen molar-refractivity contribution in [1.82, 2.24) is 29.5 Å². The summed E-state index contributed by atoms with van der Waals surface area (Å²) in [6.45, 7) is 3.26. The van der Waals surface area contributed by atoms with Crippen molar-refractivity contribution in [3.8, 4) is 11.3 Å². The Morgan fingerprint density at radius 2 is 1.96 bits per heavy atom. The second-order valence-electron chi connectivity index (χ2n) is 6.41. The second kappa shape index (κ2) is 7.59. The number of nitrogens with zero attached hydrogens (tertiary/aromatic N) is 5. The van der Waals surface area contributed by atoms with E-state index in [4.69, 9.17) is 0 Å². The van der Waals surface area contributed by atoms with Crippen molar-refractivity contribution in [2.45, 2.75) is 19.9 Å². The summed E-state index contributed by atoms with van der Waals surface area (Å²) in [6.07, 6.45) is 6.11. The van der Waals surface area contributed by atoms with Crippen LogP contribution in [0.5, 0.6) is 0 Å². The number of imidazole rings is 1. The van der Waals surface area contributed by atoms with E-state index >= 15 is 0 Å². The minimum absolute atomic E-state index is 0.252. The van der Waals surface area contributed by atoms with Gasteiger partial charge in [0.1, 0.15) is 11.6 Å². The number of amides is 1. The van der Waals surface area contributed by atoms with Crippen LogP contribution in [0, 0.1) is 12.7 Å². The van der Waals surface area contributed by atoms with Crippen molar-refractivity contribution in [3.05, 3.63) is 72.3 Å². The van der Waals surface area contributed by atoms with E-state index in [-0.39, 0.29) is 11.7 Å². The van der Waals surface area contributed by atoms with Crippen molar-refractivity contribution in [1.29, 1.82) is 0 Å². The molecule has 0 saturated heterocycles. The van der Waals surface area contributed by atoms with Crippen molar-refractivity contribution in [3.63, 3.8) is 0 Å². The number of aromatic nitrogens is 5. The molecule has 0 aliphatic rings. The first-order valence-corrected chi connectivity index (χ1v) is 8.98. The van der Waals surface area contributed by atoms with Crippen LogP contribution in [0.2, 0.25) is 0 Å². The van der Waals surface area contributed by atoms with Gasteiger partial charge in [-0.25, -0.2) is 18.9 Å². The van der Waals surface area contributed by atoms with E-state index in [1.54, 1.807) is 41.2 Å². The summed E-state index contributed by atoms with van der Waals surface area (Å²) in [5.74, 6) is 0.393. The lowest BCUT2D eigenvalue weighted by atomic mass is 10.1. The van der Waals surface area contributed by atoms with Gasteiger partial charge in [0, 0.05) is 43.3 Å². The van der Waals surface area contributed by atoms with Gasteiger partial charge < -0.3 is 9.88 Å². The minimum Gasteiger partial charge on any atom is -0.351 e. The molecular formula is C20H19FN6O. The minimum atomic E-state index is -0.305. The number of carbonyl (C=O) groups excluding carboxylic acids is 1. The molecular weight excluding hydrogens is 359 g/mol. The van der Waals surface area contributed by atoms with E-state index in [9.17, 15) is 9.18 Å². The molecule has 0 atom stereocenters. The number of halogens is 1. The first-order chi connectivity index (χ1) is 13.6. The van der Waals surface area contributed by atoms with Gasteiger partial charge in [-0.3, -0.25) is 4.79 Å². The van der Waals surface area contributed by atoms with E-state index in [0.29, 0.717) is 17.9 Å². The van der Waals surface area contributed by atoms with Crippen LogP contribution in [0.4, 0.5) is 4.39 Å². The van der Waals surface area contributed by atoms with Gasteiger partial charge in [-0.05, 0) is 43.7 Å². The molecule has 1 aromatic carbocycles. The molecule has 0 spiro atoms. The van der Waals surface area contributed by atoms with Gasteiger partial charge in [-0.2, -0.15) is 5.10 Å². The predicted octanol–water partition coefficient (Wildman–Crippen LogP) is 2.86. The lowest BCUT2D eigenvalue weighted by molar-refractivity contribution is 0.0947. The molecule has 0 radical (unpaired) electrons. The maximum Gasteiger partial charge on any atom is 0.271 e. The molecule has 0 unspecified atom stereocenters. The van der Waals surface area contributed by atoms with Crippen LogP contribution in [0.25, 0.3) is 16.9 Å². The number of fused-ring (bicyclic) bond motifs is 1. The number of rotatable bonds is 6. The highest BCUT2D eigenvalue weighted by atomic mass is 19.1. The van der Waals surface area contributed by atoms with Crippen molar-refractivity contribution in [2.75, 3.05) is 6.54 Å². The maximum atomic E-state index is 13.2. The number of aryl methyl sites for hydroxylation is 2. The summed E-state index contributed by atoms with van der Waals surface area (Å²) in [7, 11) is 0. The van der Waals surface area contributed by atoms with Gasteiger partial charge in [0.15, 0.2) is 11.3 Å². The Bertz CT molecular complexity index is 1120. The van der Waals surface area contributed by atoms with Gasteiger partial charge in [-0.1, -0.05) is 0 Å². The van der Waals surface area contributed by atoms with Gasteiger partial charge in [0.05, 0.1) is 5.69 Å². The Morgan fingerprint density at radius 3 is 2.71 bits per heavy atom. The van der Waals surface area contributed by atoms with Crippen LogP contribution < -0.4 is 5.32 Å². The molecule has 4 rings (SSSR count). The highest BCUT2D eigenvalue weighted by molar-refractivity contribution is 5.93. The standard InChI is InChI=1S/C20H19FN6O/c1-14-22-10-12-26(14)11-2-8-24-20(28)17-13-19-23-9-7-18(27(19)25-17)15-3-5-16(21)6-4-15/h3-7,9-10,12-13H,2,8,11H2,1H3,(H,24,28). The average Bonchev–Trinajstić information content (AvgIpc) is 3.31. The first-order valence-electron chi connectivity index (χ1n) is 8.98. The Labute approximate surface area is 160 Å². The zero-order valence-corrected chi connectivity index (χ0v) is 15.3. The number of hydrogen-bond acceptors (Lipinski definition) is 4. The molecule has 0 bridgehead atoms. The molecule has 1 N–H and O–H groups in total. The fourth-order valence-electron chi connectivity index (χ4n) is 3.03. The molecule has 4 aromatic rings. The largest absolute Gasteiger partial charge is 0.351 e. The van der Waals surface area contributed by atoms with Crippen molar-refractivity contribution in [2.24, 2.45) is 0 Å². The summed E-state index contributed by atoms with van der Waals surface area (Å²) >= 11 is 0. The molecule has 142 valence electrons. The quantitative estimate of drug-likeness (QED) is 0.524. The van der Waals surface area contributed by atoms with E-state index in [1.807, 2.05) is 17.7 Å². The van der Waals surface area contributed by atoms with Crippen LogP contribution in [-0.2, 0) is 6.54 Å². The molecule has 0 saturated carbocycles. The topological polar surface area (TPSA) is 77.1 Å². The Morgan fingerprint density at radius 1 is 1.14 bits per heavy atom. The second-order valence-corrected chi connectivity index (χ2v) is 6.41. The summed E-state index contributed by atoms with van der Waals surface area (Å²) in [5, 5.41) is 7.27. The number of nitrogens with one attached hydrogen (secondary N) is 1. The zero-order valence-electron chi connectivity index (χ0n) is 15.3. The van der Waals surface area contributed by atoms with Gasteiger partial charge in [0.25, 0.3) is 5.91 Å². The molecule has 3 aromatic heterocycles. The Hall–Kier alpha value is -3.55. The molecule has 7 nitrogen and oxygen atoms in total. The molecule has 1 amide bonds. The average molecular weight is 378 g/mol.